The van der Waals surface area contributed by atoms with Crippen molar-refractivity contribution in [2.45, 2.75) is 32.2 Å². The minimum absolute atomic E-state index is 0. The molecule has 1 aromatic carbocycles. The maximum Gasteiger partial charge on any atom is 0.230 e. The summed E-state index contributed by atoms with van der Waals surface area (Å²) in [6.07, 6.45) is 4.09. The molecule has 1 aliphatic carbocycles. The van der Waals surface area contributed by atoms with Crippen LogP contribution in [0.25, 0.3) is 0 Å². The minimum Gasteiger partial charge on any atom is -0.497 e. The predicted molar refractivity (Wildman–Crippen MR) is 116 cm³/mol. The summed E-state index contributed by atoms with van der Waals surface area (Å²) in [5.74, 6) is 1.77. The summed E-state index contributed by atoms with van der Waals surface area (Å²) in [7, 11) is 7.07. The van der Waals surface area contributed by atoms with Crippen molar-refractivity contribution in [2.75, 3.05) is 34.8 Å². The van der Waals surface area contributed by atoms with Crippen LogP contribution >= 0.6 is 24.0 Å². The monoisotopic (exact) mass is 474 g/mol. The molecule has 0 atom stereocenters. The molecule has 0 radical (unpaired) electrons. The summed E-state index contributed by atoms with van der Waals surface area (Å²) in [4.78, 5) is 18.6. The Kier molecular flexibility index (Phi) is 9.18. The van der Waals surface area contributed by atoms with Gasteiger partial charge >= 0.3 is 0 Å². The van der Waals surface area contributed by atoms with Gasteiger partial charge in [0.05, 0.1) is 12.5 Å². The molecule has 1 saturated carbocycles. The van der Waals surface area contributed by atoms with E-state index < -0.39 is 0 Å². The smallest absolute Gasteiger partial charge is 0.230 e. The Morgan fingerprint density at radius 3 is 2.31 bits per heavy atom. The van der Waals surface area contributed by atoms with Crippen LogP contribution in [0, 0.1) is 5.41 Å². The fourth-order valence-corrected chi connectivity index (χ4v) is 3.40. The van der Waals surface area contributed by atoms with Crippen molar-refractivity contribution in [1.82, 2.24) is 15.5 Å². The SMILES string of the molecule is CN=C(NCc1ccc(OC)cc1)NCC1(C(=O)N(C)C)CCCC1.I. The van der Waals surface area contributed by atoms with Crippen molar-refractivity contribution in [3.05, 3.63) is 29.8 Å². The maximum absolute atomic E-state index is 12.6. The first kappa shape index (κ1) is 22.5. The Morgan fingerprint density at radius 2 is 1.81 bits per heavy atom. The number of nitrogens with one attached hydrogen (secondary N) is 2. The maximum atomic E-state index is 12.6. The molecule has 146 valence electrons. The molecule has 0 spiro atoms. The summed E-state index contributed by atoms with van der Waals surface area (Å²) in [5, 5.41) is 6.65. The molecule has 0 aliphatic heterocycles. The molecular weight excluding hydrogens is 443 g/mol. The van der Waals surface area contributed by atoms with Crippen molar-refractivity contribution < 1.29 is 9.53 Å². The fourth-order valence-electron chi connectivity index (χ4n) is 3.40. The fraction of sp³-hybridized carbons (Fsp3) is 0.579. The van der Waals surface area contributed by atoms with Crippen LogP contribution in [0.15, 0.2) is 29.3 Å². The van der Waals surface area contributed by atoms with E-state index in [2.05, 4.69) is 15.6 Å². The third kappa shape index (κ3) is 5.75. The molecule has 0 unspecified atom stereocenters. The highest BCUT2D eigenvalue weighted by Crippen LogP contribution is 2.38. The van der Waals surface area contributed by atoms with Gasteiger partial charge in [-0.05, 0) is 30.5 Å². The third-order valence-electron chi connectivity index (χ3n) is 4.86. The van der Waals surface area contributed by atoms with Crippen LogP contribution in [-0.4, -0.2) is 51.6 Å². The number of guanidine groups is 1. The van der Waals surface area contributed by atoms with Crippen molar-refractivity contribution in [3.8, 4) is 5.75 Å². The van der Waals surface area contributed by atoms with Gasteiger partial charge in [-0.2, -0.15) is 0 Å². The molecule has 0 heterocycles. The second-order valence-electron chi connectivity index (χ2n) is 6.81. The Morgan fingerprint density at radius 1 is 1.19 bits per heavy atom. The topological polar surface area (TPSA) is 66.0 Å². The van der Waals surface area contributed by atoms with Gasteiger partial charge in [-0.3, -0.25) is 9.79 Å². The summed E-state index contributed by atoms with van der Waals surface area (Å²) in [6, 6.07) is 7.92. The first-order chi connectivity index (χ1) is 12.0. The normalized spacial score (nSPS) is 15.8. The van der Waals surface area contributed by atoms with Crippen LogP contribution < -0.4 is 15.4 Å². The number of methoxy groups -OCH3 is 1. The summed E-state index contributed by atoms with van der Waals surface area (Å²) < 4.78 is 5.17. The van der Waals surface area contributed by atoms with Crippen LogP contribution in [0.2, 0.25) is 0 Å². The average molecular weight is 474 g/mol. The molecule has 6 nitrogen and oxygen atoms in total. The van der Waals surface area contributed by atoms with Crippen LogP contribution in [0.1, 0.15) is 31.2 Å². The molecule has 7 heteroatoms. The molecule has 2 N–H and O–H groups in total. The first-order valence-corrected chi connectivity index (χ1v) is 8.80. The minimum atomic E-state index is -0.304. The lowest BCUT2D eigenvalue weighted by Crippen LogP contribution is -2.49. The van der Waals surface area contributed by atoms with Gasteiger partial charge in [-0.25, -0.2) is 0 Å². The molecule has 0 aromatic heterocycles. The van der Waals surface area contributed by atoms with E-state index in [4.69, 9.17) is 4.74 Å². The van der Waals surface area contributed by atoms with Crippen LogP contribution in [0.3, 0.4) is 0 Å². The highest BCUT2D eigenvalue weighted by Gasteiger charge is 2.42. The number of hydrogen-bond acceptors (Lipinski definition) is 3. The Labute approximate surface area is 173 Å². The van der Waals surface area contributed by atoms with Gasteiger partial charge in [0.15, 0.2) is 5.96 Å². The van der Waals surface area contributed by atoms with E-state index in [-0.39, 0.29) is 35.3 Å². The molecule has 1 aliphatic rings. The van der Waals surface area contributed by atoms with E-state index in [1.54, 1.807) is 19.1 Å². The van der Waals surface area contributed by atoms with Crippen molar-refractivity contribution in [2.24, 2.45) is 10.4 Å². The van der Waals surface area contributed by atoms with Gasteiger partial charge in [-0.15, -0.1) is 24.0 Å². The summed E-state index contributed by atoms with van der Waals surface area (Å²) in [6.45, 7) is 1.28. The number of aliphatic imine (C=N–C) groups is 1. The highest BCUT2D eigenvalue weighted by atomic mass is 127. The lowest BCUT2D eigenvalue weighted by atomic mass is 9.84. The standard InChI is InChI=1S/C19H30N4O2.HI/c1-20-18(21-13-15-7-9-16(25-4)10-8-15)22-14-19(11-5-6-12-19)17(24)23(2)3;/h7-10H,5-6,11-14H2,1-4H3,(H2,20,21,22);1H. The van der Waals surface area contributed by atoms with Crippen molar-refractivity contribution in [1.29, 1.82) is 0 Å². The van der Waals surface area contributed by atoms with Crippen LogP contribution in [0.4, 0.5) is 0 Å². The number of halogens is 1. The lowest BCUT2D eigenvalue weighted by Gasteiger charge is -2.31. The van der Waals surface area contributed by atoms with Gasteiger partial charge in [0.2, 0.25) is 5.91 Å². The largest absolute Gasteiger partial charge is 0.497 e. The van der Waals surface area contributed by atoms with Crippen LogP contribution in [-0.2, 0) is 11.3 Å². The molecule has 1 aromatic rings. The van der Waals surface area contributed by atoms with E-state index in [1.165, 1.54) is 0 Å². The van der Waals surface area contributed by atoms with E-state index in [0.29, 0.717) is 19.0 Å². The zero-order chi connectivity index (χ0) is 18.3. The highest BCUT2D eigenvalue weighted by molar-refractivity contribution is 14.0. The zero-order valence-corrected chi connectivity index (χ0v) is 18.5. The van der Waals surface area contributed by atoms with Crippen molar-refractivity contribution in [3.63, 3.8) is 0 Å². The number of benzene rings is 1. The predicted octanol–water partition coefficient (Wildman–Crippen LogP) is 2.63. The van der Waals surface area contributed by atoms with Gasteiger partial charge in [0, 0.05) is 34.2 Å². The second-order valence-corrected chi connectivity index (χ2v) is 6.81. The lowest BCUT2D eigenvalue weighted by molar-refractivity contribution is -0.138. The number of carbonyl (C=O) groups is 1. The van der Waals surface area contributed by atoms with Gasteiger partial charge in [-0.1, -0.05) is 25.0 Å². The van der Waals surface area contributed by atoms with Gasteiger partial charge in [0.25, 0.3) is 0 Å². The molecule has 0 bridgehead atoms. The van der Waals surface area contributed by atoms with Gasteiger partial charge < -0.3 is 20.3 Å². The number of rotatable bonds is 6. The Balaban J connectivity index is 0.00000338. The van der Waals surface area contributed by atoms with Crippen molar-refractivity contribution >= 4 is 35.8 Å². The molecule has 0 saturated heterocycles. The van der Waals surface area contributed by atoms with E-state index >= 15 is 0 Å². The number of ether oxygens (including phenoxy) is 1. The second kappa shape index (κ2) is 10.6. The molecule has 1 amide bonds. The third-order valence-corrected chi connectivity index (χ3v) is 4.86. The summed E-state index contributed by atoms with van der Waals surface area (Å²) in [5.41, 5.74) is 0.838. The number of amides is 1. The molecule has 1 fully saturated rings. The summed E-state index contributed by atoms with van der Waals surface area (Å²) >= 11 is 0. The number of carbonyl (C=O) groups excluding carboxylic acids is 1. The number of hydrogen-bond donors (Lipinski definition) is 2. The Hall–Kier alpha value is -1.51. The Bertz CT molecular complexity index is 596. The quantitative estimate of drug-likeness (QED) is 0.378. The zero-order valence-electron chi connectivity index (χ0n) is 16.2. The van der Waals surface area contributed by atoms with E-state index in [9.17, 15) is 4.79 Å². The number of nitrogens with zero attached hydrogens (tertiary/aromatic N) is 2. The first-order valence-electron chi connectivity index (χ1n) is 8.80. The van der Waals surface area contributed by atoms with Gasteiger partial charge in [0.1, 0.15) is 5.75 Å². The average Bonchev–Trinajstić information content (AvgIpc) is 3.11. The molecule has 2 rings (SSSR count). The van der Waals surface area contributed by atoms with E-state index in [1.807, 2.05) is 38.4 Å². The van der Waals surface area contributed by atoms with Crippen LogP contribution in [0.5, 0.6) is 5.75 Å². The molecular formula is C19H31IN4O2. The van der Waals surface area contributed by atoms with E-state index in [0.717, 1.165) is 37.0 Å². The molecule has 26 heavy (non-hydrogen) atoms.